The van der Waals surface area contributed by atoms with E-state index in [2.05, 4.69) is 36.1 Å². The number of unbranched alkanes of at least 4 members (excludes halogenated alkanes) is 1. The van der Waals surface area contributed by atoms with E-state index in [1.54, 1.807) is 6.33 Å². The average Bonchev–Trinajstić information content (AvgIpc) is 2.51. The molecule has 1 aliphatic carbocycles. The summed E-state index contributed by atoms with van der Waals surface area (Å²) in [7, 11) is 0. The van der Waals surface area contributed by atoms with Gasteiger partial charge >= 0.3 is 0 Å². The lowest BCUT2D eigenvalue weighted by Crippen LogP contribution is -2.22. The van der Waals surface area contributed by atoms with Crippen LogP contribution in [-0.4, -0.2) is 16.5 Å². The van der Waals surface area contributed by atoms with Gasteiger partial charge in [0.05, 0.1) is 0 Å². The summed E-state index contributed by atoms with van der Waals surface area (Å²) in [6.07, 6.45) is 11.2. The SMILES string of the molecule is CCCCC1CCC(CNc2ncnc(N)c2C(C)C)CC1. The Bertz CT molecular complexity index is 450. The molecule has 0 bridgehead atoms. The summed E-state index contributed by atoms with van der Waals surface area (Å²) in [4.78, 5) is 8.52. The van der Waals surface area contributed by atoms with Crippen molar-refractivity contribution in [1.29, 1.82) is 0 Å². The molecule has 0 aliphatic heterocycles. The van der Waals surface area contributed by atoms with Crippen molar-refractivity contribution < 1.29 is 0 Å². The Kier molecular flexibility index (Phi) is 6.47. The van der Waals surface area contributed by atoms with E-state index in [4.69, 9.17) is 5.73 Å². The van der Waals surface area contributed by atoms with Gasteiger partial charge < -0.3 is 11.1 Å². The van der Waals surface area contributed by atoms with E-state index >= 15 is 0 Å². The lowest BCUT2D eigenvalue weighted by atomic mass is 9.80. The lowest BCUT2D eigenvalue weighted by molar-refractivity contribution is 0.267. The minimum atomic E-state index is 0.341. The highest BCUT2D eigenvalue weighted by molar-refractivity contribution is 5.56. The quantitative estimate of drug-likeness (QED) is 0.773. The van der Waals surface area contributed by atoms with E-state index in [0.717, 1.165) is 29.8 Å². The number of hydrogen-bond donors (Lipinski definition) is 2. The zero-order valence-corrected chi connectivity index (χ0v) is 14.4. The summed E-state index contributed by atoms with van der Waals surface area (Å²) in [6, 6.07) is 0. The van der Waals surface area contributed by atoms with Crippen LogP contribution >= 0.6 is 0 Å². The number of anilines is 2. The molecule has 0 radical (unpaired) electrons. The van der Waals surface area contributed by atoms with Crippen LogP contribution in [0.5, 0.6) is 0 Å². The fraction of sp³-hybridized carbons (Fsp3) is 0.778. The second-order valence-corrected chi connectivity index (χ2v) is 7.09. The van der Waals surface area contributed by atoms with Gasteiger partial charge in [-0.25, -0.2) is 9.97 Å². The number of nitrogen functional groups attached to an aromatic ring is 1. The molecule has 2 rings (SSSR count). The van der Waals surface area contributed by atoms with Crippen molar-refractivity contribution in [2.24, 2.45) is 11.8 Å². The second-order valence-electron chi connectivity index (χ2n) is 7.09. The van der Waals surface area contributed by atoms with Crippen molar-refractivity contribution in [2.45, 2.75) is 71.6 Å². The monoisotopic (exact) mass is 304 g/mol. The second kappa shape index (κ2) is 8.35. The highest BCUT2D eigenvalue weighted by Gasteiger charge is 2.21. The van der Waals surface area contributed by atoms with Gasteiger partial charge in [-0.05, 0) is 30.6 Å². The Morgan fingerprint density at radius 2 is 1.86 bits per heavy atom. The molecule has 4 heteroatoms. The molecule has 0 atom stereocenters. The van der Waals surface area contributed by atoms with Crippen LogP contribution in [0.3, 0.4) is 0 Å². The maximum atomic E-state index is 6.00. The average molecular weight is 304 g/mol. The van der Waals surface area contributed by atoms with Gasteiger partial charge in [-0.15, -0.1) is 0 Å². The van der Waals surface area contributed by atoms with Crippen LogP contribution in [0.25, 0.3) is 0 Å². The number of hydrogen-bond acceptors (Lipinski definition) is 4. The molecule has 0 spiro atoms. The van der Waals surface area contributed by atoms with E-state index < -0.39 is 0 Å². The van der Waals surface area contributed by atoms with Crippen LogP contribution in [0.2, 0.25) is 0 Å². The minimum Gasteiger partial charge on any atom is -0.383 e. The van der Waals surface area contributed by atoms with E-state index in [1.165, 1.54) is 44.9 Å². The highest BCUT2D eigenvalue weighted by atomic mass is 15.0. The number of nitrogens with zero attached hydrogens (tertiary/aromatic N) is 2. The van der Waals surface area contributed by atoms with Crippen molar-refractivity contribution in [3.63, 3.8) is 0 Å². The Balaban J connectivity index is 1.83. The highest BCUT2D eigenvalue weighted by Crippen LogP contribution is 2.33. The van der Waals surface area contributed by atoms with Gasteiger partial charge in [-0.3, -0.25) is 0 Å². The molecule has 0 aromatic carbocycles. The van der Waals surface area contributed by atoms with E-state index in [9.17, 15) is 0 Å². The zero-order valence-electron chi connectivity index (χ0n) is 14.4. The van der Waals surface area contributed by atoms with E-state index in [-0.39, 0.29) is 0 Å². The van der Waals surface area contributed by atoms with Crippen LogP contribution < -0.4 is 11.1 Å². The zero-order chi connectivity index (χ0) is 15.9. The maximum Gasteiger partial charge on any atom is 0.134 e. The molecule has 1 aromatic rings. The first-order valence-corrected chi connectivity index (χ1v) is 8.96. The number of rotatable bonds is 7. The number of aromatic nitrogens is 2. The lowest BCUT2D eigenvalue weighted by Gasteiger charge is -2.29. The molecular weight excluding hydrogens is 272 g/mol. The molecular formula is C18H32N4. The molecule has 1 heterocycles. The first-order valence-electron chi connectivity index (χ1n) is 8.96. The summed E-state index contributed by atoms with van der Waals surface area (Å²) in [5, 5.41) is 3.53. The molecule has 124 valence electrons. The van der Waals surface area contributed by atoms with Crippen molar-refractivity contribution in [3.05, 3.63) is 11.9 Å². The molecule has 4 nitrogen and oxygen atoms in total. The summed E-state index contributed by atoms with van der Waals surface area (Å²) >= 11 is 0. The molecule has 3 N–H and O–H groups in total. The third-order valence-corrected chi connectivity index (χ3v) is 4.98. The minimum absolute atomic E-state index is 0.341. The molecule has 1 fully saturated rings. The maximum absolute atomic E-state index is 6.00. The third-order valence-electron chi connectivity index (χ3n) is 4.98. The molecule has 0 saturated heterocycles. The standard InChI is InChI=1S/C18H32N4/c1-4-5-6-14-7-9-15(10-8-14)11-20-18-16(13(2)3)17(19)21-12-22-18/h12-15H,4-11H2,1-3H3,(H3,19,20,21,22). The summed E-state index contributed by atoms with van der Waals surface area (Å²) < 4.78 is 0. The molecule has 1 saturated carbocycles. The fourth-order valence-corrected chi connectivity index (χ4v) is 3.58. The Hall–Kier alpha value is -1.32. The Labute approximate surface area is 135 Å². The van der Waals surface area contributed by atoms with Crippen LogP contribution in [0, 0.1) is 11.8 Å². The van der Waals surface area contributed by atoms with Gasteiger partial charge in [0.15, 0.2) is 0 Å². The van der Waals surface area contributed by atoms with Crippen molar-refractivity contribution in [1.82, 2.24) is 9.97 Å². The van der Waals surface area contributed by atoms with Crippen LogP contribution in [0.1, 0.15) is 77.2 Å². The number of nitrogens with one attached hydrogen (secondary N) is 1. The van der Waals surface area contributed by atoms with E-state index in [1.807, 2.05) is 0 Å². The smallest absolute Gasteiger partial charge is 0.134 e. The Morgan fingerprint density at radius 1 is 1.18 bits per heavy atom. The predicted octanol–water partition coefficient (Wildman–Crippen LogP) is 4.59. The predicted molar refractivity (Wildman–Crippen MR) is 94.0 cm³/mol. The first-order chi connectivity index (χ1) is 10.6. The van der Waals surface area contributed by atoms with Crippen LogP contribution in [0.15, 0.2) is 6.33 Å². The van der Waals surface area contributed by atoms with Crippen LogP contribution in [0.4, 0.5) is 11.6 Å². The van der Waals surface area contributed by atoms with Crippen molar-refractivity contribution in [3.8, 4) is 0 Å². The Morgan fingerprint density at radius 3 is 2.50 bits per heavy atom. The summed E-state index contributed by atoms with van der Waals surface area (Å²) in [6.45, 7) is 7.57. The normalized spacial score (nSPS) is 22.0. The van der Waals surface area contributed by atoms with Crippen molar-refractivity contribution >= 4 is 11.6 Å². The third kappa shape index (κ3) is 4.59. The van der Waals surface area contributed by atoms with E-state index in [0.29, 0.717) is 11.7 Å². The molecule has 22 heavy (non-hydrogen) atoms. The topological polar surface area (TPSA) is 63.8 Å². The van der Waals surface area contributed by atoms with Gasteiger partial charge in [-0.1, -0.05) is 52.9 Å². The summed E-state index contributed by atoms with van der Waals surface area (Å²) in [5.41, 5.74) is 7.06. The molecule has 1 aromatic heterocycles. The van der Waals surface area contributed by atoms with Crippen molar-refractivity contribution in [2.75, 3.05) is 17.6 Å². The first kappa shape index (κ1) is 17.0. The van der Waals surface area contributed by atoms with Gasteiger partial charge in [0, 0.05) is 12.1 Å². The molecule has 0 unspecified atom stereocenters. The molecule has 1 aliphatic rings. The van der Waals surface area contributed by atoms with Gasteiger partial charge in [0.2, 0.25) is 0 Å². The van der Waals surface area contributed by atoms with Gasteiger partial charge in [0.1, 0.15) is 18.0 Å². The largest absolute Gasteiger partial charge is 0.383 e. The summed E-state index contributed by atoms with van der Waals surface area (Å²) in [5.74, 6) is 3.62. The molecule has 0 amide bonds. The van der Waals surface area contributed by atoms with Gasteiger partial charge in [-0.2, -0.15) is 0 Å². The fourth-order valence-electron chi connectivity index (χ4n) is 3.58. The number of nitrogens with two attached hydrogens (primary N) is 1. The van der Waals surface area contributed by atoms with Crippen LogP contribution in [-0.2, 0) is 0 Å². The van der Waals surface area contributed by atoms with Gasteiger partial charge in [0.25, 0.3) is 0 Å².